The Morgan fingerprint density at radius 2 is 2.10 bits per heavy atom. The average Bonchev–Trinajstić information content (AvgIpc) is 2.70. The van der Waals surface area contributed by atoms with Gasteiger partial charge < -0.3 is 9.30 Å². The first kappa shape index (κ1) is 15.5. The van der Waals surface area contributed by atoms with E-state index in [-0.39, 0.29) is 0 Å². The Hall–Kier alpha value is -0.843. The van der Waals surface area contributed by atoms with Gasteiger partial charge in [0.1, 0.15) is 6.73 Å². The molecule has 1 aromatic carbocycles. The molecule has 1 aromatic heterocycles. The van der Waals surface area contributed by atoms with Gasteiger partial charge in [0.2, 0.25) is 0 Å². The Morgan fingerprint density at radius 3 is 2.75 bits per heavy atom. The molecule has 1 heterocycles. The van der Waals surface area contributed by atoms with Crippen molar-refractivity contribution in [2.45, 2.75) is 32.4 Å². The third-order valence-electron chi connectivity index (χ3n) is 3.19. The zero-order valence-corrected chi connectivity index (χ0v) is 15.3. The molecule has 0 aliphatic rings. The molecular formula is C15H19IN2OSi. The molecule has 0 fully saturated rings. The van der Waals surface area contributed by atoms with Crippen LogP contribution >= 0.6 is 22.6 Å². The van der Waals surface area contributed by atoms with E-state index in [9.17, 15) is 0 Å². The topological polar surface area (TPSA) is 38.0 Å². The molecule has 0 saturated carbocycles. The van der Waals surface area contributed by atoms with Crippen LogP contribution in [-0.2, 0) is 11.5 Å². The van der Waals surface area contributed by atoms with Crippen LogP contribution in [0.25, 0.3) is 10.9 Å². The largest absolute Gasteiger partial charge is 0.361 e. The summed E-state index contributed by atoms with van der Waals surface area (Å²) in [6, 6.07) is 9.17. The second-order valence-corrected chi connectivity index (χ2v) is 12.9. The van der Waals surface area contributed by atoms with Crippen molar-refractivity contribution < 1.29 is 4.74 Å². The SMILES string of the molecule is C[Si](C)(C)CCOCn1cc(I)c2ccc(C#N)cc21. The molecule has 5 heteroatoms. The van der Waals surface area contributed by atoms with Crippen LogP contribution in [0.4, 0.5) is 0 Å². The summed E-state index contributed by atoms with van der Waals surface area (Å²) in [7, 11) is -1.04. The van der Waals surface area contributed by atoms with Crippen molar-refractivity contribution in [1.29, 1.82) is 5.26 Å². The van der Waals surface area contributed by atoms with Gasteiger partial charge in [0.05, 0.1) is 17.1 Å². The molecule has 20 heavy (non-hydrogen) atoms. The van der Waals surface area contributed by atoms with Gasteiger partial charge in [0, 0.05) is 29.8 Å². The van der Waals surface area contributed by atoms with Crippen LogP contribution in [0.5, 0.6) is 0 Å². The fourth-order valence-electron chi connectivity index (χ4n) is 1.96. The molecule has 2 aromatic rings. The molecule has 0 radical (unpaired) electrons. The van der Waals surface area contributed by atoms with Crippen LogP contribution in [-0.4, -0.2) is 19.2 Å². The van der Waals surface area contributed by atoms with Crippen LogP contribution in [0.15, 0.2) is 24.4 Å². The number of hydrogen-bond donors (Lipinski definition) is 0. The number of nitrogens with zero attached hydrogens (tertiary/aromatic N) is 2. The molecule has 0 amide bonds. The molecule has 0 aliphatic heterocycles. The van der Waals surface area contributed by atoms with Gasteiger partial charge in [0.15, 0.2) is 0 Å². The van der Waals surface area contributed by atoms with Gasteiger partial charge in [-0.15, -0.1) is 0 Å². The fraction of sp³-hybridized carbons (Fsp3) is 0.400. The third kappa shape index (κ3) is 3.84. The van der Waals surface area contributed by atoms with E-state index in [0.29, 0.717) is 12.3 Å². The van der Waals surface area contributed by atoms with Gasteiger partial charge in [-0.1, -0.05) is 25.7 Å². The third-order valence-corrected chi connectivity index (χ3v) is 5.75. The van der Waals surface area contributed by atoms with Crippen LogP contribution in [0.3, 0.4) is 0 Å². The van der Waals surface area contributed by atoms with E-state index in [1.54, 1.807) is 0 Å². The maximum atomic E-state index is 9.01. The first-order valence-corrected chi connectivity index (χ1v) is 11.5. The van der Waals surface area contributed by atoms with Crippen molar-refractivity contribution in [3.8, 4) is 6.07 Å². The highest BCUT2D eigenvalue weighted by molar-refractivity contribution is 14.1. The molecular weight excluding hydrogens is 379 g/mol. The summed E-state index contributed by atoms with van der Waals surface area (Å²) < 4.78 is 9.08. The summed E-state index contributed by atoms with van der Waals surface area (Å²) in [4.78, 5) is 0. The maximum absolute atomic E-state index is 9.01. The Labute approximate surface area is 134 Å². The van der Waals surface area contributed by atoms with Crippen LogP contribution in [0.1, 0.15) is 5.56 Å². The van der Waals surface area contributed by atoms with Crippen molar-refractivity contribution in [3.05, 3.63) is 33.5 Å². The lowest BCUT2D eigenvalue weighted by Gasteiger charge is -2.15. The van der Waals surface area contributed by atoms with Crippen LogP contribution in [0.2, 0.25) is 25.7 Å². The molecule has 106 valence electrons. The summed E-state index contributed by atoms with van der Waals surface area (Å²) >= 11 is 2.32. The number of rotatable bonds is 5. The number of benzene rings is 1. The standard InChI is InChI=1S/C15H19IN2OSi/c1-20(2,3)7-6-19-11-18-10-14(16)13-5-4-12(9-17)8-15(13)18/h4-5,8,10H,6-7,11H2,1-3H3. The summed E-state index contributed by atoms with van der Waals surface area (Å²) in [5, 5.41) is 10.2. The first-order chi connectivity index (χ1) is 9.40. The minimum Gasteiger partial charge on any atom is -0.361 e. The molecule has 0 bridgehead atoms. The Bertz CT molecular complexity index is 652. The van der Waals surface area contributed by atoms with E-state index in [4.69, 9.17) is 10.00 Å². The van der Waals surface area contributed by atoms with E-state index in [2.05, 4.69) is 59.1 Å². The molecule has 2 rings (SSSR count). The maximum Gasteiger partial charge on any atom is 0.122 e. The van der Waals surface area contributed by atoms with Crippen molar-refractivity contribution in [2.24, 2.45) is 0 Å². The molecule has 0 aliphatic carbocycles. The van der Waals surface area contributed by atoms with Gasteiger partial charge in [-0.25, -0.2) is 0 Å². The van der Waals surface area contributed by atoms with Gasteiger partial charge in [-0.3, -0.25) is 0 Å². The minimum absolute atomic E-state index is 0.554. The van der Waals surface area contributed by atoms with E-state index in [1.807, 2.05) is 18.2 Å². The fourth-order valence-corrected chi connectivity index (χ4v) is 3.51. The molecule has 0 N–H and O–H groups in total. The lowest BCUT2D eigenvalue weighted by atomic mass is 10.2. The number of halogens is 1. The number of fused-ring (bicyclic) bond motifs is 1. The van der Waals surface area contributed by atoms with Gasteiger partial charge in [-0.05, 0) is 40.8 Å². The number of aromatic nitrogens is 1. The van der Waals surface area contributed by atoms with Crippen molar-refractivity contribution >= 4 is 41.6 Å². The molecule has 0 atom stereocenters. The highest BCUT2D eigenvalue weighted by Gasteiger charge is 2.12. The monoisotopic (exact) mass is 398 g/mol. The van der Waals surface area contributed by atoms with Crippen molar-refractivity contribution in [2.75, 3.05) is 6.61 Å². The lowest BCUT2D eigenvalue weighted by Crippen LogP contribution is -2.21. The second kappa shape index (κ2) is 6.29. The number of ether oxygens (including phenoxy) is 1. The number of hydrogen-bond acceptors (Lipinski definition) is 2. The highest BCUT2D eigenvalue weighted by atomic mass is 127. The van der Waals surface area contributed by atoms with Gasteiger partial charge >= 0.3 is 0 Å². The van der Waals surface area contributed by atoms with Crippen LogP contribution in [0, 0.1) is 14.9 Å². The summed E-state index contributed by atoms with van der Waals surface area (Å²) in [6.45, 7) is 8.42. The zero-order chi connectivity index (χ0) is 14.8. The smallest absolute Gasteiger partial charge is 0.122 e. The van der Waals surface area contributed by atoms with E-state index >= 15 is 0 Å². The van der Waals surface area contributed by atoms with Gasteiger partial charge in [0.25, 0.3) is 0 Å². The second-order valence-electron chi connectivity index (χ2n) is 6.14. The highest BCUT2D eigenvalue weighted by Crippen LogP contribution is 2.24. The van der Waals surface area contributed by atoms with Gasteiger partial charge in [-0.2, -0.15) is 5.26 Å². The van der Waals surface area contributed by atoms with E-state index in [0.717, 1.165) is 12.1 Å². The van der Waals surface area contributed by atoms with Crippen molar-refractivity contribution in [1.82, 2.24) is 4.57 Å². The van der Waals surface area contributed by atoms with Crippen molar-refractivity contribution in [3.63, 3.8) is 0 Å². The Kier molecular flexibility index (Phi) is 4.89. The first-order valence-electron chi connectivity index (χ1n) is 6.67. The molecule has 3 nitrogen and oxygen atoms in total. The van der Waals surface area contributed by atoms with E-state index in [1.165, 1.54) is 15.0 Å². The average molecular weight is 398 g/mol. The Morgan fingerprint density at radius 1 is 1.35 bits per heavy atom. The normalized spacial score (nSPS) is 11.8. The number of nitriles is 1. The molecule has 0 saturated heterocycles. The molecule has 0 unspecified atom stereocenters. The lowest BCUT2D eigenvalue weighted by molar-refractivity contribution is 0.0902. The predicted molar refractivity (Wildman–Crippen MR) is 93.5 cm³/mol. The summed E-state index contributed by atoms with van der Waals surface area (Å²) in [5.74, 6) is 0. The Balaban J connectivity index is 2.12. The van der Waals surface area contributed by atoms with Crippen LogP contribution < -0.4 is 0 Å². The minimum atomic E-state index is -1.04. The quantitative estimate of drug-likeness (QED) is 0.425. The zero-order valence-electron chi connectivity index (χ0n) is 12.1. The summed E-state index contributed by atoms with van der Waals surface area (Å²) in [5.41, 5.74) is 1.76. The molecule has 0 spiro atoms. The predicted octanol–water partition coefficient (Wildman–Crippen LogP) is 4.43. The summed E-state index contributed by atoms with van der Waals surface area (Å²) in [6.07, 6.45) is 2.08. The van der Waals surface area contributed by atoms with E-state index < -0.39 is 8.07 Å².